The molecule has 2 aromatic heterocycles. The van der Waals surface area contributed by atoms with Crippen molar-refractivity contribution in [3.05, 3.63) is 50.5 Å². The molecule has 1 saturated carbocycles. The third-order valence-corrected chi connectivity index (χ3v) is 6.62. The van der Waals surface area contributed by atoms with Crippen LogP contribution in [0.3, 0.4) is 0 Å². The molecule has 0 radical (unpaired) electrons. The molecule has 0 spiro atoms. The van der Waals surface area contributed by atoms with Crippen molar-refractivity contribution < 1.29 is 4.68 Å². The van der Waals surface area contributed by atoms with Crippen molar-refractivity contribution in [2.45, 2.75) is 13.8 Å². The molecule has 1 aliphatic carbocycles. The van der Waals surface area contributed by atoms with Gasteiger partial charge < -0.3 is 0 Å². The first-order valence-electron chi connectivity index (χ1n) is 7.62. The monoisotopic (exact) mass is 351 g/mol. The first kappa shape index (κ1) is 15.2. The van der Waals surface area contributed by atoms with E-state index in [0.29, 0.717) is 11.8 Å². The van der Waals surface area contributed by atoms with Gasteiger partial charge in [0.15, 0.2) is 6.07 Å². The number of thiophene rings is 2. The minimum absolute atomic E-state index is 0.0828. The molecule has 1 fully saturated rings. The van der Waals surface area contributed by atoms with Crippen LogP contribution in [0, 0.1) is 34.0 Å². The minimum atomic E-state index is 0.0828. The van der Waals surface area contributed by atoms with Gasteiger partial charge in [-0.1, -0.05) is 26.0 Å². The van der Waals surface area contributed by atoms with E-state index in [1.165, 1.54) is 0 Å². The maximum absolute atomic E-state index is 9.45. The summed E-state index contributed by atoms with van der Waals surface area (Å²) in [5.41, 5.74) is 2.26. The zero-order valence-electron chi connectivity index (χ0n) is 13.3. The minimum Gasteiger partial charge on any atom is -0.252 e. The predicted molar refractivity (Wildman–Crippen MR) is 97.2 cm³/mol. The molecule has 2 aliphatic rings. The van der Waals surface area contributed by atoms with Crippen LogP contribution in [0.4, 0.5) is 0 Å². The average Bonchev–Trinajstić information content (AvgIpc) is 3.10. The average molecular weight is 351 g/mol. The van der Waals surface area contributed by atoms with Crippen molar-refractivity contribution in [1.29, 1.82) is 10.7 Å². The molecule has 2 aromatic rings. The highest BCUT2D eigenvalue weighted by atomic mass is 32.1. The summed E-state index contributed by atoms with van der Waals surface area (Å²) in [6, 6.07) is 10.2. The van der Waals surface area contributed by atoms with Crippen molar-refractivity contribution in [1.82, 2.24) is 0 Å². The first-order chi connectivity index (χ1) is 11.6. The van der Waals surface area contributed by atoms with Crippen LogP contribution < -0.4 is 0 Å². The standard InChI is InChI=1S/C18H15N4S2/c1-18(2)14-15(18)17(13-6-4-8-24-13)22(11(9-19)10-20)21-16(14)12-5-3-7-23-12/h3-8,14-15,19H,1-2H3/q+1/t14-,15+/m0/s1. The number of allylic oxidation sites excluding steroid dienone is 1. The molecule has 0 aromatic carbocycles. The van der Waals surface area contributed by atoms with E-state index in [9.17, 15) is 5.26 Å². The Morgan fingerprint density at radius 2 is 1.88 bits per heavy atom. The molecule has 6 heteroatoms. The molecule has 1 aliphatic heterocycles. The molecule has 0 bridgehead atoms. The van der Waals surface area contributed by atoms with Crippen molar-refractivity contribution >= 4 is 40.0 Å². The van der Waals surface area contributed by atoms with Crippen LogP contribution in [0.2, 0.25) is 0 Å². The van der Waals surface area contributed by atoms with E-state index in [4.69, 9.17) is 10.5 Å². The van der Waals surface area contributed by atoms with Crippen LogP contribution in [0.25, 0.3) is 0 Å². The summed E-state index contributed by atoms with van der Waals surface area (Å²) in [4.78, 5) is 2.24. The maximum Gasteiger partial charge on any atom is 0.376 e. The fraction of sp³-hybridized carbons (Fsp3) is 0.278. The number of rotatable bonds is 3. The topological polar surface area (TPSA) is 63.0 Å². The normalized spacial score (nSPS) is 23.8. The highest BCUT2D eigenvalue weighted by Gasteiger charge is 2.69. The van der Waals surface area contributed by atoms with Crippen LogP contribution >= 0.6 is 22.7 Å². The fourth-order valence-corrected chi connectivity index (χ4v) is 5.17. The largest absolute Gasteiger partial charge is 0.376 e. The van der Waals surface area contributed by atoms with Gasteiger partial charge in [0.05, 0.1) is 21.5 Å². The van der Waals surface area contributed by atoms with Crippen molar-refractivity contribution in [3.63, 3.8) is 0 Å². The van der Waals surface area contributed by atoms with E-state index in [-0.39, 0.29) is 11.1 Å². The van der Waals surface area contributed by atoms with Crippen LogP contribution in [-0.2, 0) is 0 Å². The highest BCUT2D eigenvalue weighted by Crippen LogP contribution is 2.62. The second-order valence-electron chi connectivity index (χ2n) is 6.50. The predicted octanol–water partition coefficient (Wildman–Crippen LogP) is 3.96. The Morgan fingerprint density at radius 1 is 1.21 bits per heavy atom. The first-order valence-corrected chi connectivity index (χ1v) is 9.38. The van der Waals surface area contributed by atoms with E-state index in [0.717, 1.165) is 21.2 Å². The van der Waals surface area contributed by atoms with Gasteiger partial charge in [-0.15, -0.1) is 22.7 Å². The van der Waals surface area contributed by atoms with Gasteiger partial charge in [0.25, 0.3) is 0 Å². The molecular formula is C18H15N4S2+. The lowest BCUT2D eigenvalue weighted by Gasteiger charge is -2.08. The van der Waals surface area contributed by atoms with Gasteiger partial charge in [-0.25, -0.2) is 0 Å². The number of hydrogen-bond donors (Lipinski definition) is 1. The van der Waals surface area contributed by atoms with Crippen LogP contribution in [-0.4, -0.2) is 22.0 Å². The van der Waals surface area contributed by atoms with Gasteiger partial charge in [0, 0.05) is 11.0 Å². The third-order valence-electron chi connectivity index (χ3n) is 4.84. The molecule has 3 heterocycles. The number of hydrazone groups is 1. The smallest absolute Gasteiger partial charge is 0.252 e. The SMILES string of the molecule is CC1(C)[C@@H]2C(c3cccs3)=N[N+](C(=C=N)C#N)=C(c3cccs3)[C@@H]21. The third kappa shape index (κ3) is 2.06. The molecule has 118 valence electrons. The van der Waals surface area contributed by atoms with E-state index in [2.05, 4.69) is 37.9 Å². The zero-order valence-corrected chi connectivity index (χ0v) is 14.9. The lowest BCUT2D eigenvalue weighted by atomic mass is 10.0. The quantitative estimate of drug-likeness (QED) is 0.508. The molecule has 0 amide bonds. The van der Waals surface area contributed by atoms with Gasteiger partial charge in [-0.3, -0.25) is 5.41 Å². The van der Waals surface area contributed by atoms with Crippen molar-refractivity contribution in [3.8, 4) is 6.07 Å². The molecular weight excluding hydrogens is 336 g/mol. The Hall–Kier alpha value is -2.32. The summed E-state index contributed by atoms with van der Waals surface area (Å²) >= 11 is 3.31. The Balaban J connectivity index is 2.00. The lowest BCUT2D eigenvalue weighted by molar-refractivity contribution is -0.476. The maximum atomic E-state index is 9.45. The molecule has 0 saturated heterocycles. The van der Waals surface area contributed by atoms with Gasteiger partial charge in [0.2, 0.25) is 5.71 Å². The van der Waals surface area contributed by atoms with E-state index < -0.39 is 0 Å². The molecule has 24 heavy (non-hydrogen) atoms. The second kappa shape index (κ2) is 5.35. The fourth-order valence-electron chi connectivity index (χ4n) is 3.62. The van der Waals surface area contributed by atoms with Crippen LogP contribution in [0.5, 0.6) is 0 Å². The van der Waals surface area contributed by atoms with E-state index in [1.54, 1.807) is 27.4 Å². The van der Waals surface area contributed by atoms with Gasteiger partial charge in [0.1, 0.15) is 5.71 Å². The van der Waals surface area contributed by atoms with Crippen molar-refractivity contribution in [2.75, 3.05) is 0 Å². The number of fused-ring (bicyclic) bond motifs is 1. The molecule has 1 N–H and O–H groups in total. The number of nitrogens with one attached hydrogen (secondary N) is 1. The summed E-state index contributed by atoms with van der Waals surface area (Å²) < 4.78 is 1.64. The summed E-state index contributed by atoms with van der Waals surface area (Å²) in [7, 11) is 0. The van der Waals surface area contributed by atoms with Crippen LogP contribution in [0.15, 0.2) is 45.8 Å². The van der Waals surface area contributed by atoms with Gasteiger partial charge >= 0.3 is 5.70 Å². The summed E-state index contributed by atoms with van der Waals surface area (Å²) in [5, 5.41) is 25.8. The number of nitrogens with zero attached hydrogens (tertiary/aromatic N) is 3. The van der Waals surface area contributed by atoms with Gasteiger partial charge in [-0.05, 0) is 33.0 Å². The Kier molecular flexibility index (Phi) is 3.40. The summed E-state index contributed by atoms with van der Waals surface area (Å²) in [6.45, 7) is 4.51. The Morgan fingerprint density at radius 3 is 2.42 bits per heavy atom. The second-order valence-corrected chi connectivity index (χ2v) is 8.39. The summed E-state index contributed by atoms with van der Waals surface area (Å²) in [5.74, 6) is 2.89. The van der Waals surface area contributed by atoms with Crippen LogP contribution in [0.1, 0.15) is 23.6 Å². The Labute approximate surface area is 148 Å². The number of hydrogen-bond acceptors (Lipinski definition) is 5. The molecule has 4 nitrogen and oxygen atoms in total. The van der Waals surface area contributed by atoms with Gasteiger partial charge in [-0.2, -0.15) is 5.26 Å². The molecule has 0 unspecified atom stereocenters. The summed E-state index contributed by atoms with van der Waals surface area (Å²) in [6.07, 6.45) is 0. The van der Waals surface area contributed by atoms with E-state index >= 15 is 0 Å². The lowest BCUT2D eigenvalue weighted by Crippen LogP contribution is -2.27. The van der Waals surface area contributed by atoms with Crippen molar-refractivity contribution in [2.24, 2.45) is 22.4 Å². The highest BCUT2D eigenvalue weighted by molar-refractivity contribution is 7.12. The Bertz CT molecular complexity index is 949. The molecule has 2 atom stereocenters. The number of nitriles is 1. The zero-order chi connectivity index (χ0) is 16.9. The van der Waals surface area contributed by atoms with E-state index in [1.807, 2.05) is 22.9 Å². The molecule has 4 rings (SSSR count).